The SMILES string of the molecule is C=CC(=O)N1CCC[C@@H](n2nc(-c3ccc(Oc4ccccc4)cc3)c3c(NC(=O)OCOC(=O)c4ccccc4)ncnc32)C1.C=CC(=O)N1CCC[C@@H](n2nc(-c3ccc(Oc4ccccc4)cc3)c3c(NC(=O)OCc4oc(=O)oc4C)ncnc32)C1. The number of fused-ring (bicyclic) bond motifs is 2. The molecule has 5 aromatic carbocycles. The summed E-state index contributed by atoms with van der Waals surface area (Å²) in [6.45, 7) is 9.95. The second-order valence-electron chi connectivity index (χ2n) is 20.5. The van der Waals surface area contributed by atoms with Crippen LogP contribution in [0.1, 0.15) is 59.6 Å². The number of nitrogens with zero attached hydrogens (tertiary/aromatic N) is 10. The van der Waals surface area contributed by atoms with E-state index in [2.05, 4.69) is 43.7 Å². The van der Waals surface area contributed by atoms with Crippen molar-refractivity contribution in [2.24, 2.45) is 0 Å². The Morgan fingerprint density at radius 1 is 0.567 bits per heavy atom. The summed E-state index contributed by atoms with van der Waals surface area (Å²) in [4.78, 5) is 95.2. The summed E-state index contributed by atoms with van der Waals surface area (Å²) in [6, 6.07) is 41.6. The molecule has 5 aromatic heterocycles. The lowest BCUT2D eigenvalue weighted by Crippen LogP contribution is -2.40. The van der Waals surface area contributed by atoms with Crippen molar-refractivity contribution >= 4 is 63.7 Å². The number of likely N-dealkylation sites (tertiary alicyclic amines) is 2. The van der Waals surface area contributed by atoms with Gasteiger partial charge in [-0.2, -0.15) is 10.2 Å². The van der Waals surface area contributed by atoms with Crippen molar-refractivity contribution in [2.75, 3.05) is 43.6 Å². The largest absolute Gasteiger partial charge is 0.519 e. The van der Waals surface area contributed by atoms with E-state index < -0.39 is 30.8 Å². The van der Waals surface area contributed by atoms with E-state index in [1.165, 1.54) is 31.7 Å². The van der Waals surface area contributed by atoms with Gasteiger partial charge < -0.3 is 42.3 Å². The van der Waals surface area contributed by atoms with Crippen molar-refractivity contribution in [1.29, 1.82) is 0 Å². The summed E-state index contributed by atoms with van der Waals surface area (Å²) in [5.41, 5.74) is 3.76. The summed E-state index contributed by atoms with van der Waals surface area (Å²) in [5.74, 6) is 1.50. The first-order valence-corrected chi connectivity index (χ1v) is 28.5. The molecule has 0 saturated carbocycles. The molecular formula is C65H58N12O13. The van der Waals surface area contributed by atoms with Gasteiger partial charge in [-0.05, 0) is 130 Å². The van der Waals surface area contributed by atoms with Gasteiger partial charge in [0.05, 0.1) is 28.4 Å². The van der Waals surface area contributed by atoms with Crippen LogP contribution in [0.2, 0.25) is 0 Å². The molecule has 0 radical (unpaired) electrons. The van der Waals surface area contributed by atoms with Gasteiger partial charge in [0.2, 0.25) is 18.6 Å². The zero-order valence-electron chi connectivity index (χ0n) is 48.5. The number of para-hydroxylation sites is 2. The van der Waals surface area contributed by atoms with E-state index in [0.717, 1.165) is 36.8 Å². The van der Waals surface area contributed by atoms with E-state index in [0.29, 0.717) is 88.2 Å². The number of ether oxygens (including phenoxy) is 5. The number of carbonyl (C=O) groups excluding carboxylic acids is 5. The molecule has 2 fully saturated rings. The van der Waals surface area contributed by atoms with Crippen LogP contribution in [0.5, 0.6) is 23.0 Å². The van der Waals surface area contributed by atoms with Crippen LogP contribution in [0.3, 0.4) is 0 Å². The maximum atomic E-state index is 12.8. The lowest BCUT2D eigenvalue weighted by molar-refractivity contribution is -0.128. The van der Waals surface area contributed by atoms with Gasteiger partial charge >= 0.3 is 24.0 Å². The minimum Gasteiger partial charge on any atom is -0.457 e. The third kappa shape index (κ3) is 14.1. The Balaban J connectivity index is 0.000000185. The molecule has 4 amide bonds. The number of nitrogens with one attached hydrogen (secondary N) is 2. The Bertz CT molecular complexity index is 4290. The summed E-state index contributed by atoms with van der Waals surface area (Å²) >= 11 is 0. The molecule has 0 unspecified atom stereocenters. The van der Waals surface area contributed by atoms with Crippen molar-refractivity contribution in [1.82, 2.24) is 49.3 Å². The highest BCUT2D eigenvalue weighted by molar-refractivity contribution is 6.04. The number of aromatic nitrogens is 8. The molecule has 2 N–H and O–H groups in total. The lowest BCUT2D eigenvalue weighted by Gasteiger charge is -2.32. The quantitative estimate of drug-likeness (QED) is 0.0486. The number of carbonyl (C=O) groups is 5. The fourth-order valence-corrected chi connectivity index (χ4v) is 10.3. The standard InChI is InChI=1S/C34H30N6O6.C31H28N6O7/c1-2-28(41)39-19-9-12-25(20-39)40-32-29(30(38-40)23-15-17-27(18-16-23)46-26-13-7-4-8-14-26)31(35-21-36-32)37-34(43)45-22-44-33(42)24-10-5-3-6-11-24;1-3-25(38)36-15-7-8-21(16-36)37-29-26(27(35-37)20-11-13-23(14-12-20)43-22-9-5-4-6-10-22)28(32-18-33-29)34-30(39)41-17-24-19(2)42-31(40)44-24/h2-8,10-11,13-18,21,25H,1,9,12,19-20,22H2,(H,35,36,37,43);3-6,9-14,18,21H,1,7-8,15-17H2,2H3,(H,32,33,34,39)/t25-;21-/m11/s1. The molecule has 456 valence electrons. The zero-order valence-corrected chi connectivity index (χ0v) is 48.5. The van der Waals surface area contributed by atoms with Crippen LogP contribution >= 0.6 is 0 Å². The maximum Gasteiger partial charge on any atom is 0.519 e. The fourth-order valence-electron chi connectivity index (χ4n) is 10.3. The van der Waals surface area contributed by atoms with Crippen molar-refractivity contribution in [3.8, 4) is 45.5 Å². The Kier molecular flexibility index (Phi) is 18.5. The van der Waals surface area contributed by atoms with E-state index in [-0.39, 0.29) is 53.7 Å². The summed E-state index contributed by atoms with van der Waals surface area (Å²) in [7, 11) is 0. The van der Waals surface area contributed by atoms with Crippen molar-refractivity contribution in [2.45, 2.75) is 51.3 Å². The Morgan fingerprint density at radius 3 is 1.46 bits per heavy atom. The van der Waals surface area contributed by atoms with Gasteiger partial charge in [-0.15, -0.1) is 0 Å². The van der Waals surface area contributed by atoms with Crippen LogP contribution in [-0.2, 0) is 30.4 Å². The molecule has 2 saturated heterocycles. The van der Waals surface area contributed by atoms with E-state index in [1.807, 2.05) is 109 Å². The third-order valence-corrected chi connectivity index (χ3v) is 14.6. The van der Waals surface area contributed by atoms with Gasteiger partial charge in [0, 0.05) is 37.3 Å². The third-order valence-electron chi connectivity index (χ3n) is 14.6. The molecule has 7 heterocycles. The van der Waals surface area contributed by atoms with E-state index in [9.17, 15) is 28.8 Å². The van der Waals surface area contributed by atoms with Crippen molar-refractivity contribution < 1.29 is 56.5 Å². The minimum atomic E-state index is -0.883. The number of esters is 1. The highest BCUT2D eigenvalue weighted by Crippen LogP contribution is 2.38. The first-order chi connectivity index (χ1) is 43.9. The molecule has 90 heavy (non-hydrogen) atoms. The molecular weight excluding hydrogens is 1160 g/mol. The second kappa shape index (κ2) is 27.7. The first kappa shape index (κ1) is 59.9. The number of benzene rings is 5. The number of anilines is 2. The van der Waals surface area contributed by atoms with E-state index in [1.54, 1.807) is 49.5 Å². The van der Waals surface area contributed by atoms with Gasteiger partial charge in [-0.1, -0.05) is 67.8 Å². The highest BCUT2D eigenvalue weighted by Gasteiger charge is 2.31. The zero-order chi connectivity index (χ0) is 62.5. The normalized spacial score (nSPS) is 14.5. The average Bonchev–Trinajstić information content (AvgIpc) is 1.65. The lowest BCUT2D eigenvalue weighted by atomic mass is 10.1. The molecule has 0 bridgehead atoms. The highest BCUT2D eigenvalue weighted by atomic mass is 16.7. The van der Waals surface area contributed by atoms with E-state index >= 15 is 0 Å². The number of aryl methyl sites for hydroxylation is 1. The average molecular weight is 1220 g/mol. The van der Waals surface area contributed by atoms with Crippen LogP contribution in [-0.4, -0.2) is 112 Å². The van der Waals surface area contributed by atoms with Gasteiger partial charge in [-0.3, -0.25) is 20.2 Å². The number of hydrogen-bond acceptors (Lipinski definition) is 19. The van der Waals surface area contributed by atoms with Crippen LogP contribution in [0.4, 0.5) is 21.2 Å². The molecule has 2 aliphatic heterocycles. The predicted molar refractivity (Wildman–Crippen MR) is 327 cm³/mol. The van der Waals surface area contributed by atoms with Crippen LogP contribution in [0.25, 0.3) is 44.6 Å². The molecule has 12 rings (SSSR count). The molecule has 25 nitrogen and oxygen atoms in total. The molecule has 0 aliphatic carbocycles. The van der Waals surface area contributed by atoms with Crippen molar-refractivity contribution in [3.05, 3.63) is 205 Å². The molecule has 25 heteroatoms. The minimum absolute atomic E-state index is 0.0974. The van der Waals surface area contributed by atoms with Gasteiger partial charge in [0.25, 0.3) is 0 Å². The summed E-state index contributed by atoms with van der Waals surface area (Å²) < 4.78 is 40.7. The Hall–Kier alpha value is -11.8. The van der Waals surface area contributed by atoms with Crippen LogP contribution in [0.15, 0.2) is 191 Å². The van der Waals surface area contributed by atoms with Crippen molar-refractivity contribution in [3.63, 3.8) is 0 Å². The van der Waals surface area contributed by atoms with Gasteiger partial charge in [-0.25, -0.2) is 48.5 Å². The van der Waals surface area contributed by atoms with Crippen LogP contribution < -0.4 is 25.9 Å². The van der Waals surface area contributed by atoms with Gasteiger partial charge in [0.15, 0.2) is 41.1 Å². The summed E-state index contributed by atoms with van der Waals surface area (Å²) in [6.07, 6.45) is 6.63. The Morgan fingerprint density at radius 2 is 1.01 bits per heavy atom. The number of piperidine rings is 2. The fraction of sp³-hybridized carbons (Fsp3) is 0.200. The number of rotatable bonds is 17. The Labute approximate surface area is 513 Å². The number of hydrogen-bond donors (Lipinski definition) is 2. The monoisotopic (exact) mass is 1210 g/mol. The number of amides is 4. The topological polar surface area (TPSA) is 293 Å². The maximum absolute atomic E-state index is 12.8. The molecule has 10 aromatic rings. The van der Waals surface area contributed by atoms with E-state index in [4.69, 9.17) is 42.7 Å². The smallest absolute Gasteiger partial charge is 0.457 e. The summed E-state index contributed by atoms with van der Waals surface area (Å²) in [5, 5.41) is 16.2. The first-order valence-electron chi connectivity index (χ1n) is 28.5. The van der Waals surface area contributed by atoms with Crippen LogP contribution in [0, 0.1) is 6.92 Å². The molecule has 0 spiro atoms. The predicted octanol–water partition coefficient (Wildman–Crippen LogP) is 11.2. The molecule has 2 aliphatic rings. The molecule has 2 atom stereocenters. The van der Waals surface area contributed by atoms with Gasteiger partial charge in [0.1, 0.15) is 47.0 Å². The second-order valence-corrected chi connectivity index (χ2v) is 20.5.